The van der Waals surface area contributed by atoms with Crippen molar-refractivity contribution in [1.29, 1.82) is 0 Å². The molecule has 0 amide bonds. The standard InChI is InChI=1S/C17H15N7S/c18-25-15-4-2-1-3-13(15)22-16-7-8-19-17(23-16)21-12-6-5-11-10-20-24-14(11)9-12/h1-10H,18H2,(H,20,24)(H2,19,21,22,23). The summed E-state index contributed by atoms with van der Waals surface area (Å²) in [5.41, 5.74) is 2.73. The van der Waals surface area contributed by atoms with E-state index < -0.39 is 0 Å². The van der Waals surface area contributed by atoms with Gasteiger partial charge in [-0.3, -0.25) is 10.2 Å². The van der Waals surface area contributed by atoms with Crippen LogP contribution in [0.25, 0.3) is 10.9 Å². The zero-order valence-electron chi connectivity index (χ0n) is 13.1. The molecule has 0 aliphatic heterocycles. The van der Waals surface area contributed by atoms with Gasteiger partial charge < -0.3 is 10.6 Å². The zero-order chi connectivity index (χ0) is 17.1. The Morgan fingerprint density at radius 3 is 2.88 bits per heavy atom. The molecule has 5 N–H and O–H groups in total. The number of para-hydroxylation sites is 1. The number of nitrogens with one attached hydrogen (secondary N) is 3. The van der Waals surface area contributed by atoms with Crippen molar-refractivity contribution in [3.63, 3.8) is 0 Å². The van der Waals surface area contributed by atoms with Gasteiger partial charge in [-0.2, -0.15) is 10.1 Å². The summed E-state index contributed by atoms with van der Waals surface area (Å²) in [6, 6.07) is 15.5. The van der Waals surface area contributed by atoms with Crippen LogP contribution in [0.3, 0.4) is 0 Å². The number of nitrogens with two attached hydrogens (primary N) is 1. The Labute approximate surface area is 148 Å². The Morgan fingerprint density at radius 2 is 1.96 bits per heavy atom. The first kappa shape index (κ1) is 15.4. The average molecular weight is 349 g/mol. The third-order valence-electron chi connectivity index (χ3n) is 3.63. The maximum Gasteiger partial charge on any atom is 0.229 e. The Bertz CT molecular complexity index is 1010. The van der Waals surface area contributed by atoms with E-state index in [4.69, 9.17) is 5.14 Å². The van der Waals surface area contributed by atoms with Crippen LogP contribution in [-0.4, -0.2) is 20.2 Å². The number of fused-ring (bicyclic) bond motifs is 1. The molecule has 0 aliphatic carbocycles. The molecule has 2 heterocycles. The SMILES string of the molecule is NSc1ccccc1Nc1ccnc(Nc2ccc3cn[nH]c3c2)n1. The van der Waals surface area contributed by atoms with Crippen molar-refractivity contribution in [2.24, 2.45) is 5.14 Å². The highest BCUT2D eigenvalue weighted by Gasteiger charge is 2.05. The predicted molar refractivity (Wildman–Crippen MR) is 101 cm³/mol. The van der Waals surface area contributed by atoms with E-state index in [0.717, 1.165) is 27.2 Å². The quantitative estimate of drug-likeness (QED) is 0.406. The number of aromatic amines is 1. The summed E-state index contributed by atoms with van der Waals surface area (Å²) in [5, 5.41) is 20.2. The van der Waals surface area contributed by atoms with Crippen molar-refractivity contribution in [2.45, 2.75) is 4.90 Å². The van der Waals surface area contributed by atoms with Gasteiger partial charge in [0.15, 0.2) is 0 Å². The first-order valence-electron chi connectivity index (χ1n) is 7.58. The number of H-pyrrole nitrogens is 1. The summed E-state index contributed by atoms with van der Waals surface area (Å²) in [5.74, 6) is 1.18. The van der Waals surface area contributed by atoms with Crippen LogP contribution in [0.4, 0.5) is 23.1 Å². The Hall–Kier alpha value is -3.10. The van der Waals surface area contributed by atoms with Crippen LogP contribution < -0.4 is 15.8 Å². The summed E-state index contributed by atoms with van der Waals surface area (Å²) in [4.78, 5) is 9.71. The molecular weight excluding hydrogens is 334 g/mol. The second kappa shape index (κ2) is 6.80. The highest BCUT2D eigenvalue weighted by molar-refractivity contribution is 7.97. The highest BCUT2D eigenvalue weighted by Crippen LogP contribution is 2.26. The second-order valence-corrected chi connectivity index (χ2v) is 5.98. The molecular formula is C17H15N7S. The molecule has 0 radical (unpaired) electrons. The third kappa shape index (κ3) is 3.39. The minimum absolute atomic E-state index is 0.502. The van der Waals surface area contributed by atoms with Crippen molar-refractivity contribution in [3.8, 4) is 0 Å². The summed E-state index contributed by atoms with van der Waals surface area (Å²) >= 11 is 1.19. The number of hydrogen-bond acceptors (Lipinski definition) is 7. The molecule has 0 bridgehead atoms. The minimum atomic E-state index is 0.502. The van der Waals surface area contributed by atoms with Crippen molar-refractivity contribution in [1.82, 2.24) is 20.2 Å². The van der Waals surface area contributed by atoms with Gasteiger partial charge >= 0.3 is 0 Å². The second-order valence-electron chi connectivity index (χ2n) is 5.30. The van der Waals surface area contributed by atoms with E-state index in [1.165, 1.54) is 11.9 Å². The van der Waals surface area contributed by atoms with Crippen molar-refractivity contribution < 1.29 is 0 Å². The van der Waals surface area contributed by atoms with Crippen molar-refractivity contribution >= 4 is 46.0 Å². The smallest absolute Gasteiger partial charge is 0.229 e. The highest BCUT2D eigenvalue weighted by atomic mass is 32.2. The van der Waals surface area contributed by atoms with Gasteiger partial charge in [-0.05, 0) is 48.3 Å². The normalized spacial score (nSPS) is 10.8. The van der Waals surface area contributed by atoms with Crippen LogP contribution >= 0.6 is 11.9 Å². The van der Waals surface area contributed by atoms with E-state index in [-0.39, 0.29) is 0 Å². The Balaban J connectivity index is 1.56. The van der Waals surface area contributed by atoms with Crippen LogP contribution in [0.15, 0.2) is 65.8 Å². The maximum absolute atomic E-state index is 5.70. The van der Waals surface area contributed by atoms with Crippen molar-refractivity contribution in [3.05, 3.63) is 60.9 Å². The lowest BCUT2D eigenvalue weighted by atomic mass is 10.2. The molecule has 0 unspecified atom stereocenters. The zero-order valence-corrected chi connectivity index (χ0v) is 13.9. The number of hydrogen-bond donors (Lipinski definition) is 4. The van der Waals surface area contributed by atoms with Crippen LogP contribution in [-0.2, 0) is 0 Å². The number of rotatable bonds is 5. The number of anilines is 4. The molecule has 4 aromatic rings. The Kier molecular flexibility index (Phi) is 4.19. The number of benzene rings is 2. The van der Waals surface area contributed by atoms with E-state index in [0.29, 0.717) is 11.8 Å². The first-order valence-corrected chi connectivity index (χ1v) is 8.46. The van der Waals surface area contributed by atoms with E-state index in [2.05, 4.69) is 30.8 Å². The van der Waals surface area contributed by atoms with E-state index in [1.54, 1.807) is 18.5 Å². The Morgan fingerprint density at radius 1 is 1.04 bits per heavy atom. The summed E-state index contributed by atoms with van der Waals surface area (Å²) in [6.45, 7) is 0. The summed E-state index contributed by atoms with van der Waals surface area (Å²) in [6.07, 6.45) is 3.48. The molecule has 2 aromatic carbocycles. The fourth-order valence-corrected chi connectivity index (χ4v) is 2.85. The summed E-state index contributed by atoms with van der Waals surface area (Å²) in [7, 11) is 0. The molecule has 0 aliphatic rings. The number of nitrogens with zero attached hydrogens (tertiary/aromatic N) is 3. The van der Waals surface area contributed by atoms with Crippen molar-refractivity contribution in [2.75, 3.05) is 10.6 Å². The predicted octanol–water partition coefficient (Wildman–Crippen LogP) is 3.81. The maximum atomic E-state index is 5.70. The van der Waals surface area contributed by atoms with E-state index >= 15 is 0 Å². The number of aromatic nitrogens is 4. The van der Waals surface area contributed by atoms with E-state index in [9.17, 15) is 0 Å². The topological polar surface area (TPSA) is 105 Å². The van der Waals surface area contributed by atoms with E-state index in [1.807, 2.05) is 42.5 Å². The molecule has 0 saturated carbocycles. The van der Waals surface area contributed by atoms with Gasteiger partial charge in [0.25, 0.3) is 0 Å². The molecule has 7 nitrogen and oxygen atoms in total. The molecule has 4 rings (SSSR count). The molecule has 0 atom stereocenters. The molecule has 0 saturated heterocycles. The van der Waals surface area contributed by atoms with Crippen LogP contribution in [0.1, 0.15) is 0 Å². The molecule has 2 aromatic heterocycles. The fourth-order valence-electron chi connectivity index (χ4n) is 2.44. The molecule has 25 heavy (non-hydrogen) atoms. The van der Waals surface area contributed by atoms with Gasteiger partial charge in [-0.25, -0.2) is 4.98 Å². The van der Waals surface area contributed by atoms with Crippen LogP contribution in [0, 0.1) is 0 Å². The van der Waals surface area contributed by atoms with Gasteiger partial charge in [0.1, 0.15) is 5.82 Å². The molecule has 124 valence electrons. The van der Waals surface area contributed by atoms with Crippen LogP contribution in [0.5, 0.6) is 0 Å². The van der Waals surface area contributed by atoms with Gasteiger partial charge in [-0.1, -0.05) is 12.1 Å². The minimum Gasteiger partial charge on any atom is -0.339 e. The first-order chi connectivity index (χ1) is 12.3. The average Bonchev–Trinajstić information content (AvgIpc) is 3.10. The van der Waals surface area contributed by atoms with Gasteiger partial charge in [-0.15, -0.1) is 0 Å². The molecule has 8 heteroatoms. The largest absolute Gasteiger partial charge is 0.339 e. The van der Waals surface area contributed by atoms with Crippen LogP contribution in [0.2, 0.25) is 0 Å². The lowest BCUT2D eigenvalue weighted by molar-refractivity contribution is 1.12. The van der Waals surface area contributed by atoms with Gasteiger partial charge in [0, 0.05) is 22.2 Å². The van der Waals surface area contributed by atoms with Gasteiger partial charge in [0.05, 0.1) is 17.4 Å². The third-order valence-corrected chi connectivity index (χ3v) is 4.24. The lowest BCUT2D eigenvalue weighted by Crippen LogP contribution is -2.01. The molecule has 0 spiro atoms. The monoisotopic (exact) mass is 349 g/mol. The van der Waals surface area contributed by atoms with Gasteiger partial charge in [0.2, 0.25) is 5.95 Å². The molecule has 0 fully saturated rings. The fraction of sp³-hybridized carbons (Fsp3) is 0. The summed E-state index contributed by atoms with van der Waals surface area (Å²) < 4.78 is 0. The lowest BCUT2D eigenvalue weighted by Gasteiger charge is -2.10.